The molecule has 0 heterocycles. The molecule has 0 aliphatic carbocycles. The van der Waals surface area contributed by atoms with Crippen molar-refractivity contribution in [2.45, 2.75) is 66.2 Å². The molecule has 0 amide bonds. The van der Waals surface area contributed by atoms with E-state index in [0.717, 1.165) is 38.3 Å². The van der Waals surface area contributed by atoms with E-state index >= 15 is 0 Å². The highest BCUT2D eigenvalue weighted by Crippen LogP contribution is 2.06. The van der Waals surface area contributed by atoms with Crippen molar-refractivity contribution in [2.75, 3.05) is 0 Å². The summed E-state index contributed by atoms with van der Waals surface area (Å²) in [6.45, 7) is 8.40. The topological polar surface area (TPSA) is 34.1 Å². The van der Waals surface area contributed by atoms with Crippen molar-refractivity contribution in [3.05, 3.63) is 0 Å². The molecular weight excluding hydrogens is 200 g/mol. The molecule has 0 aromatic heterocycles. The first-order valence-corrected chi connectivity index (χ1v) is 6.54. The van der Waals surface area contributed by atoms with E-state index < -0.39 is 0 Å². The third-order valence-electron chi connectivity index (χ3n) is 2.66. The third-order valence-corrected chi connectivity index (χ3v) is 2.66. The van der Waals surface area contributed by atoms with Crippen molar-refractivity contribution >= 4 is 12.6 Å². The summed E-state index contributed by atoms with van der Waals surface area (Å²) in [4.78, 5) is 20.0. The molecule has 0 radical (unpaired) electrons. The summed E-state index contributed by atoms with van der Waals surface area (Å²) >= 11 is 0. The maximum absolute atomic E-state index is 10.1. The van der Waals surface area contributed by atoms with Crippen LogP contribution in [0.1, 0.15) is 66.2 Å². The predicted molar refractivity (Wildman–Crippen MR) is 69.5 cm³/mol. The minimum atomic E-state index is 0.319. The largest absolute Gasteiger partial charge is 0.303 e. The maximum Gasteiger partial charge on any atom is 0.123 e. The number of aldehydes is 2. The first-order chi connectivity index (χ1) is 7.65. The van der Waals surface area contributed by atoms with E-state index in [9.17, 15) is 9.59 Å². The lowest BCUT2D eigenvalue weighted by molar-refractivity contribution is -0.111. The highest BCUT2D eigenvalue weighted by Gasteiger charge is 1.99. The molecule has 0 fully saturated rings. The van der Waals surface area contributed by atoms with Crippen LogP contribution in [0.5, 0.6) is 0 Å². The third kappa shape index (κ3) is 13.3. The van der Waals surface area contributed by atoms with E-state index in [0.29, 0.717) is 11.8 Å². The number of rotatable bonds is 8. The second kappa shape index (κ2) is 14.3. The lowest BCUT2D eigenvalue weighted by Crippen LogP contribution is -1.97. The fraction of sp³-hybridized carbons (Fsp3) is 0.857. The van der Waals surface area contributed by atoms with Gasteiger partial charge in [0.1, 0.15) is 12.6 Å². The minimum Gasteiger partial charge on any atom is -0.303 e. The van der Waals surface area contributed by atoms with Crippen molar-refractivity contribution in [1.82, 2.24) is 0 Å². The summed E-state index contributed by atoms with van der Waals surface area (Å²) in [7, 11) is 0. The molecule has 0 N–H and O–H groups in total. The predicted octanol–water partition coefficient (Wildman–Crippen LogP) is 4.02. The van der Waals surface area contributed by atoms with Crippen LogP contribution >= 0.6 is 0 Å². The minimum absolute atomic E-state index is 0.319. The van der Waals surface area contributed by atoms with Crippen LogP contribution < -0.4 is 0 Å². The summed E-state index contributed by atoms with van der Waals surface area (Å²) < 4.78 is 0. The number of hydrogen-bond acceptors (Lipinski definition) is 2. The molecule has 0 aromatic rings. The Kier molecular flexibility index (Phi) is 15.9. The molecule has 0 bridgehead atoms. The summed E-state index contributed by atoms with van der Waals surface area (Å²) in [6.07, 6.45) is 8.33. The first kappa shape index (κ1) is 17.7. The lowest BCUT2D eigenvalue weighted by Gasteiger charge is -2.01. The van der Waals surface area contributed by atoms with Gasteiger partial charge < -0.3 is 9.59 Å². The number of carbonyl (C=O) groups is 2. The molecule has 0 aliphatic rings. The Bertz CT molecular complexity index is 155. The average molecular weight is 228 g/mol. The summed E-state index contributed by atoms with van der Waals surface area (Å²) in [5, 5.41) is 0. The smallest absolute Gasteiger partial charge is 0.123 e. The van der Waals surface area contributed by atoms with Gasteiger partial charge in [0, 0.05) is 12.3 Å². The monoisotopic (exact) mass is 228 g/mol. The molecule has 0 aliphatic heterocycles. The zero-order valence-corrected chi connectivity index (χ0v) is 11.4. The van der Waals surface area contributed by atoms with Crippen LogP contribution in [0.4, 0.5) is 0 Å². The van der Waals surface area contributed by atoms with E-state index in [4.69, 9.17) is 0 Å². The molecule has 96 valence electrons. The van der Waals surface area contributed by atoms with Crippen LogP contribution in [-0.4, -0.2) is 12.6 Å². The standard InChI is InChI=1S/2C7H14O/c1-3-4-7(2)5-6-8;1-3-5-7(4-2)6-8/h2*6-7H,3-5H2,1-2H3. The Labute approximate surface area is 101 Å². The van der Waals surface area contributed by atoms with E-state index in [1.165, 1.54) is 12.8 Å². The summed E-state index contributed by atoms with van der Waals surface area (Å²) in [6, 6.07) is 0. The Morgan fingerprint density at radius 1 is 1.00 bits per heavy atom. The van der Waals surface area contributed by atoms with Crippen LogP contribution in [-0.2, 0) is 9.59 Å². The van der Waals surface area contributed by atoms with Gasteiger partial charge in [0.25, 0.3) is 0 Å². The van der Waals surface area contributed by atoms with Crippen molar-refractivity contribution in [3.8, 4) is 0 Å². The van der Waals surface area contributed by atoms with Crippen LogP contribution in [0.2, 0.25) is 0 Å². The quantitative estimate of drug-likeness (QED) is 0.588. The van der Waals surface area contributed by atoms with Crippen LogP contribution in [0.3, 0.4) is 0 Å². The molecule has 0 saturated heterocycles. The molecule has 2 atom stereocenters. The lowest BCUT2D eigenvalue weighted by atomic mass is 10.0. The van der Waals surface area contributed by atoms with Gasteiger partial charge in [0.2, 0.25) is 0 Å². The van der Waals surface area contributed by atoms with Gasteiger partial charge in [-0.15, -0.1) is 0 Å². The molecule has 2 unspecified atom stereocenters. The van der Waals surface area contributed by atoms with Crippen molar-refractivity contribution < 1.29 is 9.59 Å². The number of carbonyl (C=O) groups excluding carboxylic acids is 2. The Balaban J connectivity index is 0. The second-order valence-corrected chi connectivity index (χ2v) is 4.39. The summed E-state index contributed by atoms with van der Waals surface area (Å²) in [5.41, 5.74) is 0. The molecule has 0 saturated carbocycles. The zero-order chi connectivity index (χ0) is 12.8. The van der Waals surface area contributed by atoms with Gasteiger partial charge in [-0.05, 0) is 18.8 Å². The molecule has 0 rings (SSSR count). The fourth-order valence-corrected chi connectivity index (χ4v) is 1.51. The molecule has 0 spiro atoms. The van der Waals surface area contributed by atoms with Crippen LogP contribution in [0.15, 0.2) is 0 Å². The van der Waals surface area contributed by atoms with Crippen LogP contribution in [0.25, 0.3) is 0 Å². The van der Waals surface area contributed by atoms with Gasteiger partial charge in [-0.2, -0.15) is 0 Å². The Morgan fingerprint density at radius 3 is 1.81 bits per heavy atom. The van der Waals surface area contributed by atoms with E-state index in [1.54, 1.807) is 0 Å². The van der Waals surface area contributed by atoms with E-state index in [2.05, 4.69) is 27.7 Å². The molecule has 2 heteroatoms. The SMILES string of the molecule is CCCC(C)CC=O.CCCC(C=O)CC. The molecule has 0 aromatic carbocycles. The molecular formula is C14H28O2. The van der Waals surface area contributed by atoms with Crippen molar-refractivity contribution in [3.63, 3.8) is 0 Å². The highest BCUT2D eigenvalue weighted by molar-refractivity contribution is 5.53. The maximum atomic E-state index is 10.1. The van der Waals surface area contributed by atoms with Crippen molar-refractivity contribution in [2.24, 2.45) is 11.8 Å². The normalized spacial score (nSPS) is 13.2. The molecule has 16 heavy (non-hydrogen) atoms. The first-order valence-electron chi connectivity index (χ1n) is 6.54. The van der Waals surface area contributed by atoms with Gasteiger partial charge in [-0.1, -0.05) is 47.0 Å². The molecule has 2 nitrogen and oxygen atoms in total. The van der Waals surface area contributed by atoms with Gasteiger partial charge in [0.15, 0.2) is 0 Å². The highest BCUT2D eigenvalue weighted by atomic mass is 16.1. The Hall–Kier alpha value is -0.660. The number of hydrogen-bond donors (Lipinski definition) is 0. The van der Waals surface area contributed by atoms with Crippen LogP contribution in [0, 0.1) is 11.8 Å². The van der Waals surface area contributed by atoms with E-state index in [-0.39, 0.29) is 0 Å². The Morgan fingerprint density at radius 2 is 1.56 bits per heavy atom. The zero-order valence-electron chi connectivity index (χ0n) is 11.4. The second-order valence-electron chi connectivity index (χ2n) is 4.39. The van der Waals surface area contributed by atoms with Gasteiger partial charge in [-0.25, -0.2) is 0 Å². The average Bonchev–Trinajstić information content (AvgIpc) is 2.27. The van der Waals surface area contributed by atoms with E-state index in [1.807, 2.05) is 0 Å². The summed E-state index contributed by atoms with van der Waals surface area (Å²) in [5.74, 6) is 0.914. The van der Waals surface area contributed by atoms with Gasteiger partial charge >= 0.3 is 0 Å². The van der Waals surface area contributed by atoms with Gasteiger partial charge in [0.05, 0.1) is 0 Å². The van der Waals surface area contributed by atoms with Crippen molar-refractivity contribution in [1.29, 1.82) is 0 Å². The van der Waals surface area contributed by atoms with Gasteiger partial charge in [-0.3, -0.25) is 0 Å². The fourth-order valence-electron chi connectivity index (χ4n) is 1.51.